The summed E-state index contributed by atoms with van der Waals surface area (Å²) in [5.74, 6) is 0.829. The molecule has 0 aliphatic carbocycles. The summed E-state index contributed by atoms with van der Waals surface area (Å²) in [6, 6.07) is 10.1. The molecule has 0 aliphatic rings. The van der Waals surface area contributed by atoms with E-state index in [2.05, 4.69) is 27.4 Å². The maximum atomic E-state index is 9.23. The molecule has 4 heteroatoms. The van der Waals surface area contributed by atoms with Crippen LogP contribution in [0.15, 0.2) is 36.7 Å². The Labute approximate surface area is 113 Å². The molecule has 0 saturated heterocycles. The zero-order chi connectivity index (χ0) is 13.7. The third-order valence-corrected chi connectivity index (χ3v) is 3.27. The molecule has 1 heterocycles. The number of aliphatic hydroxyl groups excluding tert-OH is 1. The molecule has 0 radical (unpaired) electrons. The highest BCUT2D eigenvalue weighted by atomic mass is 16.3. The molecule has 0 fully saturated rings. The van der Waals surface area contributed by atoms with Crippen molar-refractivity contribution in [3.05, 3.63) is 53.5 Å². The fourth-order valence-electron chi connectivity index (χ4n) is 1.99. The van der Waals surface area contributed by atoms with Crippen LogP contribution in [0.4, 0.5) is 5.82 Å². The third-order valence-electron chi connectivity index (χ3n) is 3.27. The van der Waals surface area contributed by atoms with E-state index >= 15 is 0 Å². The van der Waals surface area contributed by atoms with Gasteiger partial charge in [0.1, 0.15) is 12.1 Å². The molecule has 1 aromatic heterocycles. The number of aromatic nitrogens is 2. The van der Waals surface area contributed by atoms with Crippen molar-refractivity contribution in [3.63, 3.8) is 0 Å². The minimum absolute atomic E-state index is 0.0548. The van der Waals surface area contributed by atoms with Gasteiger partial charge in [0.2, 0.25) is 0 Å². The average molecular weight is 257 g/mol. The van der Waals surface area contributed by atoms with Gasteiger partial charge < -0.3 is 10.4 Å². The van der Waals surface area contributed by atoms with Crippen molar-refractivity contribution >= 4 is 5.82 Å². The smallest absolute Gasteiger partial charge is 0.133 e. The van der Waals surface area contributed by atoms with E-state index in [0.717, 1.165) is 22.6 Å². The standard InChI is InChI=1S/C15H19N3O/c1-11-12(2)16-10-17-15(11)18-14(8-9-19)13-6-4-3-5-7-13/h3-7,10,14,19H,8-9H2,1-2H3,(H,16,17,18). The van der Waals surface area contributed by atoms with Crippen LogP contribution < -0.4 is 5.32 Å². The quantitative estimate of drug-likeness (QED) is 0.864. The molecule has 0 spiro atoms. The SMILES string of the molecule is Cc1ncnc(NC(CCO)c2ccccc2)c1C. The van der Waals surface area contributed by atoms with Crippen molar-refractivity contribution in [2.45, 2.75) is 26.3 Å². The zero-order valence-electron chi connectivity index (χ0n) is 11.3. The second-order valence-corrected chi connectivity index (χ2v) is 4.55. The van der Waals surface area contributed by atoms with Gasteiger partial charge in [-0.05, 0) is 25.8 Å². The average Bonchev–Trinajstić information content (AvgIpc) is 2.44. The fraction of sp³-hybridized carbons (Fsp3) is 0.333. The molecule has 1 atom stereocenters. The van der Waals surface area contributed by atoms with E-state index in [-0.39, 0.29) is 12.6 Å². The lowest BCUT2D eigenvalue weighted by molar-refractivity contribution is 0.280. The van der Waals surface area contributed by atoms with E-state index in [1.807, 2.05) is 32.0 Å². The molecule has 0 saturated carbocycles. The van der Waals surface area contributed by atoms with Gasteiger partial charge in [-0.3, -0.25) is 0 Å². The third kappa shape index (κ3) is 3.29. The zero-order valence-corrected chi connectivity index (χ0v) is 11.3. The van der Waals surface area contributed by atoms with Crippen LogP contribution in [0.3, 0.4) is 0 Å². The predicted octanol–water partition coefficient (Wildman–Crippen LogP) is 2.63. The number of aliphatic hydroxyl groups is 1. The van der Waals surface area contributed by atoms with Crippen molar-refractivity contribution in [1.29, 1.82) is 0 Å². The molecular formula is C15H19N3O. The number of hydrogen-bond donors (Lipinski definition) is 2. The first kappa shape index (κ1) is 13.5. The lowest BCUT2D eigenvalue weighted by atomic mass is 10.0. The summed E-state index contributed by atoms with van der Waals surface area (Å²) in [4.78, 5) is 8.45. The Morgan fingerprint density at radius 2 is 1.89 bits per heavy atom. The van der Waals surface area contributed by atoms with E-state index in [9.17, 15) is 5.11 Å². The summed E-state index contributed by atoms with van der Waals surface area (Å²) in [5.41, 5.74) is 3.15. The van der Waals surface area contributed by atoms with Crippen LogP contribution in [0.5, 0.6) is 0 Å². The van der Waals surface area contributed by atoms with Gasteiger partial charge in [0, 0.05) is 17.9 Å². The summed E-state index contributed by atoms with van der Waals surface area (Å²) >= 11 is 0. The highest BCUT2D eigenvalue weighted by Gasteiger charge is 2.13. The number of anilines is 1. The van der Waals surface area contributed by atoms with Crippen LogP contribution in [-0.4, -0.2) is 21.7 Å². The molecule has 0 aliphatic heterocycles. The first-order valence-corrected chi connectivity index (χ1v) is 6.43. The molecule has 0 amide bonds. The minimum Gasteiger partial charge on any atom is -0.396 e. The maximum absolute atomic E-state index is 9.23. The molecule has 1 aromatic carbocycles. The number of aryl methyl sites for hydroxylation is 1. The Morgan fingerprint density at radius 3 is 2.58 bits per heavy atom. The molecule has 2 rings (SSSR count). The minimum atomic E-state index is 0.0548. The van der Waals surface area contributed by atoms with Crippen LogP contribution in [0.1, 0.15) is 29.3 Å². The Hall–Kier alpha value is -1.94. The van der Waals surface area contributed by atoms with Crippen molar-refractivity contribution in [2.75, 3.05) is 11.9 Å². The molecule has 1 unspecified atom stereocenters. The predicted molar refractivity (Wildman–Crippen MR) is 76.0 cm³/mol. The van der Waals surface area contributed by atoms with Crippen LogP contribution in [-0.2, 0) is 0 Å². The molecule has 19 heavy (non-hydrogen) atoms. The normalized spacial score (nSPS) is 12.2. The topological polar surface area (TPSA) is 58.0 Å². The summed E-state index contributed by atoms with van der Waals surface area (Å²) in [7, 11) is 0. The van der Waals surface area contributed by atoms with Gasteiger partial charge in [0.25, 0.3) is 0 Å². The lowest BCUT2D eigenvalue weighted by Gasteiger charge is -2.20. The molecule has 2 N–H and O–H groups in total. The van der Waals surface area contributed by atoms with E-state index in [1.54, 1.807) is 6.33 Å². The van der Waals surface area contributed by atoms with Crippen molar-refractivity contribution < 1.29 is 5.11 Å². The number of hydrogen-bond acceptors (Lipinski definition) is 4. The van der Waals surface area contributed by atoms with Gasteiger partial charge in [-0.1, -0.05) is 30.3 Å². The van der Waals surface area contributed by atoms with Gasteiger partial charge in [-0.15, -0.1) is 0 Å². The summed E-state index contributed by atoms with van der Waals surface area (Å²) < 4.78 is 0. The van der Waals surface area contributed by atoms with Crippen molar-refractivity contribution in [1.82, 2.24) is 9.97 Å². The van der Waals surface area contributed by atoms with Crippen LogP contribution in [0.25, 0.3) is 0 Å². The van der Waals surface area contributed by atoms with Crippen LogP contribution in [0.2, 0.25) is 0 Å². The van der Waals surface area contributed by atoms with Gasteiger partial charge in [-0.25, -0.2) is 9.97 Å². The highest BCUT2D eigenvalue weighted by molar-refractivity contribution is 5.46. The van der Waals surface area contributed by atoms with E-state index in [0.29, 0.717) is 6.42 Å². The van der Waals surface area contributed by atoms with E-state index < -0.39 is 0 Å². The summed E-state index contributed by atoms with van der Waals surface area (Å²) in [6.45, 7) is 4.10. The van der Waals surface area contributed by atoms with Crippen LogP contribution >= 0.6 is 0 Å². The second kappa shape index (κ2) is 6.29. The van der Waals surface area contributed by atoms with Gasteiger partial charge in [0.05, 0.1) is 6.04 Å². The second-order valence-electron chi connectivity index (χ2n) is 4.55. The Kier molecular flexibility index (Phi) is 4.47. The monoisotopic (exact) mass is 257 g/mol. The van der Waals surface area contributed by atoms with E-state index in [1.165, 1.54) is 0 Å². The van der Waals surface area contributed by atoms with E-state index in [4.69, 9.17) is 0 Å². The number of rotatable bonds is 5. The van der Waals surface area contributed by atoms with Gasteiger partial charge >= 0.3 is 0 Å². The number of nitrogens with one attached hydrogen (secondary N) is 1. The van der Waals surface area contributed by atoms with Gasteiger partial charge in [-0.2, -0.15) is 0 Å². The summed E-state index contributed by atoms with van der Waals surface area (Å²) in [6.07, 6.45) is 2.21. The van der Waals surface area contributed by atoms with Crippen molar-refractivity contribution in [2.24, 2.45) is 0 Å². The maximum Gasteiger partial charge on any atom is 0.133 e. The first-order valence-electron chi connectivity index (χ1n) is 6.43. The highest BCUT2D eigenvalue weighted by Crippen LogP contribution is 2.23. The molecule has 2 aromatic rings. The number of nitrogens with zero attached hydrogens (tertiary/aromatic N) is 2. The lowest BCUT2D eigenvalue weighted by Crippen LogP contribution is -2.14. The molecular weight excluding hydrogens is 238 g/mol. The fourth-order valence-corrected chi connectivity index (χ4v) is 1.99. The molecule has 0 bridgehead atoms. The largest absolute Gasteiger partial charge is 0.396 e. The van der Waals surface area contributed by atoms with Crippen molar-refractivity contribution in [3.8, 4) is 0 Å². The number of benzene rings is 1. The Morgan fingerprint density at radius 1 is 1.16 bits per heavy atom. The Balaban J connectivity index is 2.24. The first-order chi connectivity index (χ1) is 9.22. The summed E-state index contributed by atoms with van der Waals surface area (Å²) in [5, 5.41) is 12.6. The Bertz CT molecular complexity index is 528. The van der Waals surface area contributed by atoms with Crippen LogP contribution in [0, 0.1) is 13.8 Å². The molecule has 4 nitrogen and oxygen atoms in total. The molecule has 100 valence electrons. The van der Waals surface area contributed by atoms with Gasteiger partial charge in [0.15, 0.2) is 0 Å².